The van der Waals surface area contributed by atoms with E-state index >= 15 is 0 Å². The van der Waals surface area contributed by atoms with E-state index < -0.39 is 11.8 Å². The first-order chi connectivity index (χ1) is 8.97. The second-order valence-corrected chi connectivity index (χ2v) is 4.65. The number of aromatic carboxylic acids is 1. The van der Waals surface area contributed by atoms with Crippen molar-refractivity contribution in [3.8, 4) is 11.5 Å². The molecule has 0 radical (unpaired) electrons. The van der Waals surface area contributed by atoms with E-state index in [1.165, 1.54) is 30.3 Å². The van der Waals surface area contributed by atoms with Gasteiger partial charge in [-0.2, -0.15) is 0 Å². The molecule has 0 aliphatic heterocycles. The number of hydrogen-bond acceptors (Lipinski definition) is 3. The largest absolute Gasteiger partial charge is 0.478 e. The van der Waals surface area contributed by atoms with E-state index in [1.54, 1.807) is 6.07 Å². The fraction of sp³-hybridized carbons (Fsp3) is 0. The second kappa shape index (κ2) is 5.27. The average Bonchev–Trinajstić information content (AvgIpc) is 2.34. The van der Waals surface area contributed by atoms with Crippen molar-refractivity contribution in [3.63, 3.8) is 0 Å². The molecule has 0 aliphatic rings. The van der Waals surface area contributed by atoms with Crippen LogP contribution >= 0.6 is 15.9 Å². The van der Waals surface area contributed by atoms with Crippen molar-refractivity contribution in [1.29, 1.82) is 0 Å². The van der Waals surface area contributed by atoms with Gasteiger partial charge >= 0.3 is 5.97 Å². The third-order valence-electron chi connectivity index (χ3n) is 2.37. The second-order valence-electron chi connectivity index (χ2n) is 3.73. The molecule has 98 valence electrons. The van der Waals surface area contributed by atoms with Crippen LogP contribution in [-0.2, 0) is 0 Å². The van der Waals surface area contributed by atoms with Crippen molar-refractivity contribution in [2.75, 3.05) is 5.73 Å². The lowest BCUT2D eigenvalue weighted by molar-refractivity contribution is 0.0697. The molecule has 0 amide bonds. The van der Waals surface area contributed by atoms with Gasteiger partial charge in [0.05, 0.1) is 11.3 Å². The third-order valence-corrected chi connectivity index (χ3v) is 2.86. The zero-order chi connectivity index (χ0) is 14.0. The van der Waals surface area contributed by atoms with Gasteiger partial charge in [-0.15, -0.1) is 0 Å². The minimum absolute atomic E-state index is 0.0120. The monoisotopic (exact) mass is 325 g/mol. The van der Waals surface area contributed by atoms with Gasteiger partial charge in [-0.25, -0.2) is 9.18 Å². The third kappa shape index (κ3) is 3.03. The van der Waals surface area contributed by atoms with E-state index in [9.17, 15) is 9.18 Å². The Kier molecular flexibility index (Phi) is 3.71. The minimum atomic E-state index is -1.09. The molecule has 0 atom stereocenters. The molecule has 6 heteroatoms. The molecule has 0 spiro atoms. The minimum Gasteiger partial charge on any atom is -0.478 e. The Morgan fingerprint density at radius 2 is 1.89 bits per heavy atom. The highest BCUT2D eigenvalue weighted by molar-refractivity contribution is 9.10. The SMILES string of the molecule is Nc1cc(C(=O)O)ccc1Oc1ccc(Br)cc1F. The van der Waals surface area contributed by atoms with Crippen LogP contribution in [0.4, 0.5) is 10.1 Å². The molecule has 0 aromatic heterocycles. The summed E-state index contributed by atoms with van der Waals surface area (Å²) in [5.74, 6) is -1.42. The van der Waals surface area contributed by atoms with Crippen molar-refractivity contribution < 1.29 is 19.0 Å². The molecule has 0 aliphatic carbocycles. The number of benzene rings is 2. The quantitative estimate of drug-likeness (QED) is 0.844. The molecule has 3 N–H and O–H groups in total. The molecular weight excluding hydrogens is 317 g/mol. The van der Waals surface area contributed by atoms with Gasteiger partial charge in [0, 0.05) is 4.47 Å². The van der Waals surface area contributed by atoms with Gasteiger partial charge in [0.15, 0.2) is 17.3 Å². The van der Waals surface area contributed by atoms with Crippen LogP contribution in [0.5, 0.6) is 11.5 Å². The standard InChI is InChI=1S/C13H9BrFNO3/c14-8-2-4-11(9(15)6-8)19-12-3-1-7(13(17)18)5-10(12)16/h1-6H,16H2,(H,17,18). The maximum atomic E-state index is 13.6. The van der Waals surface area contributed by atoms with Crippen LogP contribution in [0.3, 0.4) is 0 Å². The summed E-state index contributed by atoms with van der Waals surface area (Å²) in [6.45, 7) is 0. The van der Waals surface area contributed by atoms with Crippen molar-refractivity contribution in [1.82, 2.24) is 0 Å². The first-order valence-corrected chi connectivity index (χ1v) is 6.02. The molecular formula is C13H9BrFNO3. The highest BCUT2D eigenvalue weighted by atomic mass is 79.9. The fourth-order valence-corrected chi connectivity index (χ4v) is 1.78. The summed E-state index contributed by atoms with van der Waals surface area (Å²) < 4.78 is 19.5. The van der Waals surface area contributed by atoms with Crippen molar-refractivity contribution in [2.24, 2.45) is 0 Å². The number of anilines is 1. The molecule has 2 rings (SSSR count). The Balaban J connectivity index is 2.31. The summed E-state index contributed by atoms with van der Waals surface area (Å²) in [6, 6.07) is 8.32. The molecule has 0 saturated carbocycles. The van der Waals surface area contributed by atoms with Crippen LogP contribution in [0.1, 0.15) is 10.4 Å². The lowest BCUT2D eigenvalue weighted by Crippen LogP contribution is -2.00. The topological polar surface area (TPSA) is 72.6 Å². The van der Waals surface area contributed by atoms with E-state index in [4.69, 9.17) is 15.6 Å². The maximum Gasteiger partial charge on any atom is 0.335 e. The molecule has 2 aromatic carbocycles. The highest BCUT2D eigenvalue weighted by Gasteiger charge is 2.10. The Morgan fingerprint density at radius 1 is 1.21 bits per heavy atom. The first kappa shape index (κ1) is 13.4. The normalized spacial score (nSPS) is 10.2. The van der Waals surface area contributed by atoms with Gasteiger partial charge in [0.1, 0.15) is 0 Å². The van der Waals surface area contributed by atoms with Crippen molar-refractivity contribution in [2.45, 2.75) is 0 Å². The van der Waals surface area contributed by atoms with Crippen LogP contribution in [0, 0.1) is 5.82 Å². The van der Waals surface area contributed by atoms with E-state index in [0.29, 0.717) is 4.47 Å². The summed E-state index contributed by atoms with van der Waals surface area (Å²) in [5, 5.41) is 8.80. The number of carboxylic acids is 1. The molecule has 4 nitrogen and oxygen atoms in total. The summed E-state index contributed by atoms with van der Waals surface area (Å²) >= 11 is 3.14. The predicted octanol–water partition coefficient (Wildman–Crippen LogP) is 3.66. The van der Waals surface area contributed by atoms with Gasteiger partial charge < -0.3 is 15.6 Å². The summed E-state index contributed by atoms with van der Waals surface area (Å²) in [6.07, 6.45) is 0. The Bertz CT molecular complexity index is 646. The molecule has 0 saturated heterocycles. The average molecular weight is 326 g/mol. The van der Waals surface area contributed by atoms with Crippen LogP contribution in [0.2, 0.25) is 0 Å². The number of carboxylic acid groups (broad SMARTS) is 1. The molecule has 2 aromatic rings. The maximum absolute atomic E-state index is 13.6. The van der Waals surface area contributed by atoms with Crippen molar-refractivity contribution >= 4 is 27.6 Å². The smallest absolute Gasteiger partial charge is 0.335 e. The van der Waals surface area contributed by atoms with E-state index in [2.05, 4.69) is 15.9 Å². The first-order valence-electron chi connectivity index (χ1n) is 5.23. The number of halogens is 2. The van der Waals surface area contributed by atoms with Crippen LogP contribution in [0.15, 0.2) is 40.9 Å². The number of rotatable bonds is 3. The predicted molar refractivity (Wildman–Crippen MR) is 72.0 cm³/mol. The lowest BCUT2D eigenvalue weighted by atomic mass is 10.2. The van der Waals surface area contributed by atoms with Gasteiger partial charge in [-0.1, -0.05) is 15.9 Å². The van der Waals surface area contributed by atoms with Gasteiger partial charge in [-0.3, -0.25) is 0 Å². The van der Waals surface area contributed by atoms with Crippen molar-refractivity contribution in [3.05, 3.63) is 52.3 Å². The molecule has 0 fully saturated rings. The Morgan fingerprint density at radius 3 is 2.47 bits per heavy atom. The molecule has 19 heavy (non-hydrogen) atoms. The number of nitrogen functional groups attached to an aromatic ring is 1. The van der Waals surface area contributed by atoms with Crippen LogP contribution < -0.4 is 10.5 Å². The number of carbonyl (C=O) groups is 1. The van der Waals surface area contributed by atoms with Gasteiger partial charge in [0.2, 0.25) is 0 Å². The molecule has 0 heterocycles. The van der Waals surface area contributed by atoms with E-state index in [-0.39, 0.29) is 22.7 Å². The van der Waals surface area contributed by atoms with E-state index in [1.807, 2.05) is 0 Å². The number of hydrogen-bond donors (Lipinski definition) is 2. The fourth-order valence-electron chi connectivity index (χ4n) is 1.45. The lowest BCUT2D eigenvalue weighted by Gasteiger charge is -2.10. The number of ether oxygens (including phenoxy) is 1. The summed E-state index contributed by atoms with van der Waals surface area (Å²) in [4.78, 5) is 10.8. The number of nitrogens with two attached hydrogens (primary N) is 1. The van der Waals surface area contributed by atoms with Gasteiger partial charge in [0.25, 0.3) is 0 Å². The Hall–Kier alpha value is -2.08. The van der Waals surface area contributed by atoms with Crippen LogP contribution in [-0.4, -0.2) is 11.1 Å². The van der Waals surface area contributed by atoms with Gasteiger partial charge in [-0.05, 0) is 36.4 Å². The Labute approximate surface area is 116 Å². The van der Waals surface area contributed by atoms with Crippen LogP contribution in [0.25, 0.3) is 0 Å². The summed E-state index contributed by atoms with van der Waals surface area (Å²) in [5.41, 5.74) is 5.84. The highest BCUT2D eigenvalue weighted by Crippen LogP contribution is 2.31. The zero-order valence-corrected chi connectivity index (χ0v) is 11.1. The van der Waals surface area contributed by atoms with E-state index in [0.717, 1.165) is 0 Å². The molecule has 0 unspecified atom stereocenters. The molecule has 0 bridgehead atoms. The summed E-state index contributed by atoms with van der Waals surface area (Å²) in [7, 11) is 0. The zero-order valence-electron chi connectivity index (χ0n) is 9.56.